The maximum atomic E-state index is 9.34. The number of carboxylic acid groups (broad SMARTS) is 2. The molecule has 0 heterocycles. The molecule has 0 rings (SSSR count). The van der Waals surface area contributed by atoms with Gasteiger partial charge in [-0.25, -0.2) is 0 Å². The molecule has 0 amide bonds. The zero-order valence-corrected chi connectivity index (χ0v) is 10.6. The molecule has 0 radical (unpaired) electrons. The summed E-state index contributed by atoms with van der Waals surface area (Å²) in [6.45, 7) is 2.27. The third-order valence-electron chi connectivity index (χ3n) is 0.682. The molecular weight excluding hydrogens is 240 g/mol. The van der Waals surface area contributed by atoms with Crippen molar-refractivity contribution >= 4 is 49.7 Å². The molecule has 0 saturated carbocycles. The summed E-state index contributed by atoms with van der Waals surface area (Å²) in [7, 11) is 0. The molecule has 0 bridgehead atoms. The van der Waals surface area contributed by atoms with Gasteiger partial charge in [-0.05, 0) is 13.8 Å². The molecule has 6 N–H and O–H groups in total. The summed E-state index contributed by atoms with van der Waals surface area (Å²) in [6, 6.07) is 0. The van der Waals surface area contributed by atoms with E-state index in [-0.39, 0.29) is 48.7 Å². The van der Waals surface area contributed by atoms with Crippen LogP contribution >= 0.6 is 0 Å². The Hall–Kier alpha value is 0.0397. The van der Waals surface area contributed by atoms with Crippen molar-refractivity contribution in [1.29, 1.82) is 0 Å². The second kappa shape index (κ2) is 16.5. The van der Waals surface area contributed by atoms with E-state index < -0.39 is 24.1 Å². The maximum Gasteiger partial charge on any atom is 2.00 e. The van der Waals surface area contributed by atoms with Crippen LogP contribution in [0.15, 0.2) is 0 Å². The average Bonchev–Trinajstić information content (AvgIpc) is 1.88. The molecule has 88 valence electrons. The number of carbonyl (C=O) groups excluding carboxylic acids is 2. The van der Waals surface area contributed by atoms with Crippen molar-refractivity contribution in [3.63, 3.8) is 0 Å². The Balaban J connectivity index is -0.0000000370. The molecular formula is C6H14CaO8. The fourth-order valence-corrected chi connectivity index (χ4v) is 0. The van der Waals surface area contributed by atoms with E-state index in [4.69, 9.17) is 10.2 Å². The van der Waals surface area contributed by atoms with E-state index in [1.165, 1.54) is 0 Å². The van der Waals surface area contributed by atoms with Gasteiger partial charge in [0.2, 0.25) is 0 Å². The van der Waals surface area contributed by atoms with Gasteiger partial charge in [-0.2, -0.15) is 0 Å². The van der Waals surface area contributed by atoms with E-state index in [1.807, 2.05) is 0 Å². The standard InChI is InChI=1S/2C3H6O3.Ca.2H2O/c2*1-2(4)3(5)6;;;/h2*2,4H,1H3,(H,5,6);;2*1H2/q;;+2;;/p-2. The van der Waals surface area contributed by atoms with Gasteiger partial charge in [0.15, 0.2) is 0 Å². The van der Waals surface area contributed by atoms with E-state index in [0.717, 1.165) is 13.8 Å². The molecule has 0 fully saturated rings. The molecule has 0 spiro atoms. The second-order valence-electron chi connectivity index (χ2n) is 1.99. The summed E-state index contributed by atoms with van der Waals surface area (Å²) in [5.41, 5.74) is 0. The predicted molar refractivity (Wildman–Crippen MR) is 46.4 cm³/mol. The summed E-state index contributed by atoms with van der Waals surface area (Å²) in [5.74, 6) is -2.87. The monoisotopic (exact) mass is 254 g/mol. The van der Waals surface area contributed by atoms with Crippen LogP contribution in [-0.2, 0) is 9.59 Å². The SMILES string of the molecule is CC(O)C(=O)[O-].CC(O)C(=O)[O-].O.O.[Ca+2]. The van der Waals surface area contributed by atoms with Gasteiger partial charge in [-0.15, -0.1) is 0 Å². The number of aliphatic carboxylic acids is 2. The topological polar surface area (TPSA) is 184 Å². The Labute approximate surface area is 116 Å². The normalized spacial score (nSPS) is 10.9. The van der Waals surface area contributed by atoms with Crippen molar-refractivity contribution in [2.45, 2.75) is 26.1 Å². The Bertz CT molecular complexity index is 139. The van der Waals surface area contributed by atoms with Crippen molar-refractivity contribution in [3.8, 4) is 0 Å². The molecule has 0 aromatic rings. The predicted octanol–water partition coefficient (Wildman–Crippen LogP) is -5.80. The van der Waals surface area contributed by atoms with Crippen LogP contribution in [0.25, 0.3) is 0 Å². The largest absolute Gasteiger partial charge is 2.00 e. The first-order valence-corrected chi connectivity index (χ1v) is 3.06. The molecule has 0 aliphatic heterocycles. The smallest absolute Gasteiger partial charge is 0.547 e. The first-order valence-electron chi connectivity index (χ1n) is 3.06. The van der Waals surface area contributed by atoms with E-state index in [1.54, 1.807) is 0 Å². The van der Waals surface area contributed by atoms with Gasteiger partial charge in [0.1, 0.15) is 0 Å². The summed E-state index contributed by atoms with van der Waals surface area (Å²) in [5, 5.41) is 34.6. The van der Waals surface area contributed by atoms with Crippen LogP contribution in [-0.4, -0.2) is 83.1 Å². The molecule has 0 aromatic carbocycles. The van der Waals surface area contributed by atoms with Gasteiger partial charge in [0, 0.05) is 0 Å². The Morgan fingerprint density at radius 2 is 1.00 bits per heavy atom. The number of carboxylic acids is 2. The third kappa shape index (κ3) is 31.5. The van der Waals surface area contributed by atoms with Gasteiger partial charge < -0.3 is 41.0 Å². The fraction of sp³-hybridized carbons (Fsp3) is 0.667. The van der Waals surface area contributed by atoms with Gasteiger partial charge in [0.05, 0.1) is 24.1 Å². The van der Waals surface area contributed by atoms with Crippen LogP contribution in [0.3, 0.4) is 0 Å². The minimum absolute atomic E-state index is 0. The summed E-state index contributed by atoms with van der Waals surface area (Å²) in [4.78, 5) is 18.7. The molecule has 15 heavy (non-hydrogen) atoms. The number of rotatable bonds is 2. The maximum absolute atomic E-state index is 9.34. The Morgan fingerprint density at radius 3 is 1.00 bits per heavy atom. The Kier molecular flexibility index (Phi) is 32.3. The molecule has 0 saturated heterocycles. The minimum atomic E-state index is -1.44. The van der Waals surface area contributed by atoms with E-state index in [0.29, 0.717) is 0 Å². The van der Waals surface area contributed by atoms with Gasteiger partial charge in [-0.3, -0.25) is 0 Å². The third-order valence-corrected chi connectivity index (χ3v) is 0.682. The van der Waals surface area contributed by atoms with E-state index >= 15 is 0 Å². The second-order valence-corrected chi connectivity index (χ2v) is 1.99. The number of carbonyl (C=O) groups is 2. The van der Waals surface area contributed by atoms with Gasteiger partial charge in [-0.1, -0.05) is 0 Å². The van der Waals surface area contributed by atoms with E-state index in [9.17, 15) is 19.8 Å². The van der Waals surface area contributed by atoms with Gasteiger partial charge >= 0.3 is 37.7 Å². The quantitative estimate of drug-likeness (QED) is 0.462. The molecule has 0 aliphatic rings. The first-order chi connectivity index (χ1) is 5.29. The van der Waals surface area contributed by atoms with Crippen LogP contribution < -0.4 is 10.2 Å². The zero-order chi connectivity index (χ0) is 10.3. The Morgan fingerprint density at radius 1 is 0.933 bits per heavy atom. The minimum Gasteiger partial charge on any atom is -0.547 e. The summed E-state index contributed by atoms with van der Waals surface area (Å²) in [6.07, 6.45) is -2.69. The van der Waals surface area contributed by atoms with E-state index in [2.05, 4.69) is 0 Å². The zero-order valence-electron chi connectivity index (χ0n) is 8.39. The average molecular weight is 254 g/mol. The van der Waals surface area contributed by atoms with Crippen LogP contribution in [0.4, 0.5) is 0 Å². The fourth-order valence-electron chi connectivity index (χ4n) is 0. The van der Waals surface area contributed by atoms with Crippen molar-refractivity contribution in [2.75, 3.05) is 0 Å². The number of aliphatic hydroxyl groups is 2. The number of hydrogen-bond acceptors (Lipinski definition) is 6. The summed E-state index contributed by atoms with van der Waals surface area (Å²) >= 11 is 0. The molecule has 0 aliphatic carbocycles. The van der Waals surface area contributed by atoms with Crippen LogP contribution in [0.1, 0.15) is 13.8 Å². The first kappa shape index (κ1) is 29.4. The number of aliphatic hydroxyl groups excluding tert-OH is 2. The van der Waals surface area contributed by atoms with Crippen molar-refractivity contribution in [3.05, 3.63) is 0 Å². The molecule has 0 aromatic heterocycles. The molecule has 2 atom stereocenters. The van der Waals surface area contributed by atoms with Gasteiger partial charge in [0.25, 0.3) is 0 Å². The number of hydrogen-bond donors (Lipinski definition) is 2. The van der Waals surface area contributed by atoms with Crippen molar-refractivity contribution < 1.29 is 41.0 Å². The molecule has 2 unspecified atom stereocenters. The van der Waals surface area contributed by atoms with Crippen molar-refractivity contribution in [1.82, 2.24) is 0 Å². The summed E-state index contributed by atoms with van der Waals surface area (Å²) < 4.78 is 0. The van der Waals surface area contributed by atoms with Crippen molar-refractivity contribution in [2.24, 2.45) is 0 Å². The van der Waals surface area contributed by atoms with Crippen LogP contribution in [0.2, 0.25) is 0 Å². The molecule has 8 nitrogen and oxygen atoms in total. The van der Waals surface area contributed by atoms with Crippen LogP contribution in [0.5, 0.6) is 0 Å². The van der Waals surface area contributed by atoms with Crippen LogP contribution in [0, 0.1) is 0 Å². The molecule has 9 heteroatoms.